The molecule has 0 saturated carbocycles. The monoisotopic (exact) mass is 408 g/mol. The van der Waals surface area contributed by atoms with E-state index in [2.05, 4.69) is 20.7 Å². The molecular formula is C17H12F4N6O2. The van der Waals surface area contributed by atoms with Crippen LogP contribution < -0.4 is 10.6 Å². The van der Waals surface area contributed by atoms with Crippen molar-refractivity contribution in [2.24, 2.45) is 0 Å². The fourth-order valence-electron chi connectivity index (χ4n) is 2.27. The van der Waals surface area contributed by atoms with Gasteiger partial charge in [0.15, 0.2) is 0 Å². The molecule has 0 radical (unpaired) electrons. The Morgan fingerprint density at radius 1 is 1.07 bits per heavy atom. The first kappa shape index (κ1) is 19.9. The predicted octanol–water partition coefficient (Wildman–Crippen LogP) is 2.85. The Morgan fingerprint density at radius 2 is 1.83 bits per heavy atom. The van der Waals surface area contributed by atoms with E-state index >= 15 is 0 Å². The molecule has 0 aliphatic carbocycles. The molecule has 0 spiro atoms. The third kappa shape index (κ3) is 5.12. The molecule has 0 atom stereocenters. The third-order valence-electron chi connectivity index (χ3n) is 3.56. The quantitative estimate of drug-likeness (QED) is 0.647. The Kier molecular flexibility index (Phi) is 5.52. The van der Waals surface area contributed by atoms with Gasteiger partial charge in [-0.2, -0.15) is 18.0 Å². The number of halogens is 4. The van der Waals surface area contributed by atoms with Crippen LogP contribution in [0, 0.1) is 5.82 Å². The number of aromatic nitrogens is 4. The molecule has 1 aromatic heterocycles. The molecule has 3 aromatic rings. The van der Waals surface area contributed by atoms with Gasteiger partial charge in [-0.15, -0.1) is 10.2 Å². The summed E-state index contributed by atoms with van der Waals surface area (Å²) < 4.78 is 51.8. The standard InChI is InChI=1S/C17H12F4N6O2/c18-12-6-1-2-7-13(12)22-16(29)23-14(28)9-27-25-15(24-26-27)10-4-3-5-11(8-10)17(19,20)21/h1-8H,9H2,(H2,22,23,28,29). The second kappa shape index (κ2) is 8.04. The van der Waals surface area contributed by atoms with Crippen molar-refractivity contribution >= 4 is 17.6 Å². The fourth-order valence-corrected chi connectivity index (χ4v) is 2.27. The van der Waals surface area contributed by atoms with Crippen molar-refractivity contribution < 1.29 is 27.2 Å². The lowest BCUT2D eigenvalue weighted by Gasteiger charge is -2.07. The number of urea groups is 1. The number of benzene rings is 2. The summed E-state index contributed by atoms with van der Waals surface area (Å²) in [6, 6.07) is 8.69. The maximum absolute atomic E-state index is 13.5. The number of carbonyl (C=O) groups excluding carboxylic acids is 2. The van der Waals surface area contributed by atoms with Crippen molar-refractivity contribution in [1.82, 2.24) is 25.5 Å². The number of hydrogen-bond donors (Lipinski definition) is 2. The number of anilines is 1. The summed E-state index contributed by atoms with van der Waals surface area (Å²) >= 11 is 0. The molecule has 0 unspecified atom stereocenters. The molecule has 8 nitrogen and oxygen atoms in total. The summed E-state index contributed by atoms with van der Waals surface area (Å²) in [6.45, 7) is -0.531. The van der Waals surface area contributed by atoms with E-state index < -0.39 is 36.0 Å². The molecule has 29 heavy (non-hydrogen) atoms. The zero-order valence-corrected chi connectivity index (χ0v) is 14.4. The maximum Gasteiger partial charge on any atom is 0.416 e. The highest BCUT2D eigenvalue weighted by Crippen LogP contribution is 2.31. The number of para-hydroxylation sites is 1. The minimum Gasteiger partial charge on any atom is -0.305 e. The van der Waals surface area contributed by atoms with Crippen LogP contribution in [-0.4, -0.2) is 32.1 Å². The van der Waals surface area contributed by atoms with Crippen molar-refractivity contribution in [2.45, 2.75) is 12.7 Å². The molecule has 0 fully saturated rings. The third-order valence-corrected chi connectivity index (χ3v) is 3.56. The van der Waals surface area contributed by atoms with E-state index in [1.165, 1.54) is 30.3 Å². The van der Waals surface area contributed by atoms with Crippen LogP contribution in [0.3, 0.4) is 0 Å². The highest BCUT2D eigenvalue weighted by atomic mass is 19.4. The summed E-state index contributed by atoms with van der Waals surface area (Å²) in [5.41, 5.74) is -0.943. The Labute approximate surface area is 160 Å². The van der Waals surface area contributed by atoms with Crippen LogP contribution in [0.1, 0.15) is 5.56 Å². The highest BCUT2D eigenvalue weighted by Gasteiger charge is 2.30. The van der Waals surface area contributed by atoms with Gasteiger partial charge in [0.1, 0.15) is 12.4 Å². The minimum absolute atomic E-state index is 0.0591. The average molecular weight is 408 g/mol. The van der Waals surface area contributed by atoms with Crippen LogP contribution in [0.15, 0.2) is 48.5 Å². The van der Waals surface area contributed by atoms with Gasteiger partial charge in [-0.25, -0.2) is 9.18 Å². The number of tetrazole rings is 1. The van der Waals surface area contributed by atoms with Gasteiger partial charge in [0.05, 0.1) is 11.3 Å². The van der Waals surface area contributed by atoms with Crippen molar-refractivity contribution in [3.63, 3.8) is 0 Å². The molecule has 1 heterocycles. The van der Waals surface area contributed by atoms with E-state index in [1.807, 2.05) is 5.32 Å². The molecular weight excluding hydrogens is 396 g/mol. The van der Waals surface area contributed by atoms with Crippen molar-refractivity contribution in [1.29, 1.82) is 0 Å². The van der Waals surface area contributed by atoms with Crippen LogP contribution in [-0.2, 0) is 17.5 Å². The predicted molar refractivity (Wildman–Crippen MR) is 91.8 cm³/mol. The summed E-state index contributed by atoms with van der Waals surface area (Å²) in [6.07, 6.45) is -4.53. The van der Waals surface area contributed by atoms with Gasteiger partial charge < -0.3 is 5.32 Å². The average Bonchev–Trinajstić information content (AvgIpc) is 3.11. The van der Waals surface area contributed by atoms with Gasteiger partial charge in [0.25, 0.3) is 5.91 Å². The van der Waals surface area contributed by atoms with Gasteiger partial charge in [-0.05, 0) is 29.5 Å². The van der Waals surface area contributed by atoms with Crippen LogP contribution >= 0.6 is 0 Å². The molecule has 3 rings (SSSR count). The van der Waals surface area contributed by atoms with E-state index in [1.54, 1.807) is 0 Å². The Morgan fingerprint density at radius 3 is 2.55 bits per heavy atom. The van der Waals surface area contributed by atoms with E-state index in [0.717, 1.165) is 23.0 Å². The van der Waals surface area contributed by atoms with Crippen molar-refractivity contribution in [2.75, 3.05) is 5.32 Å². The largest absolute Gasteiger partial charge is 0.416 e. The molecule has 3 amide bonds. The van der Waals surface area contributed by atoms with Gasteiger partial charge in [0, 0.05) is 5.56 Å². The Hall–Kier alpha value is -3.83. The summed E-state index contributed by atoms with van der Waals surface area (Å²) in [5, 5.41) is 15.1. The first-order valence-corrected chi connectivity index (χ1v) is 8.03. The summed E-state index contributed by atoms with van der Waals surface area (Å²) in [4.78, 5) is 24.4. The van der Waals surface area contributed by atoms with Crippen molar-refractivity contribution in [3.8, 4) is 11.4 Å². The number of nitrogens with one attached hydrogen (secondary N) is 2. The topological polar surface area (TPSA) is 102 Å². The van der Waals surface area contributed by atoms with Gasteiger partial charge in [-0.3, -0.25) is 10.1 Å². The first-order chi connectivity index (χ1) is 13.7. The van der Waals surface area contributed by atoms with Gasteiger partial charge >= 0.3 is 12.2 Å². The van der Waals surface area contributed by atoms with E-state index in [4.69, 9.17) is 0 Å². The molecule has 0 aliphatic rings. The minimum atomic E-state index is -4.53. The lowest BCUT2D eigenvalue weighted by atomic mass is 10.1. The summed E-state index contributed by atoms with van der Waals surface area (Å²) in [5.74, 6) is -1.65. The van der Waals surface area contributed by atoms with Crippen molar-refractivity contribution in [3.05, 3.63) is 59.9 Å². The van der Waals surface area contributed by atoms with E-state index in [-0.39, 0.29) is 17.1 Å². The SMILES string of the molecule is O=C(Cn1nnc(-c2cccc(C(F)(F)F)c2)n1)NC(=O)Nc1ccccc1F. The number of imide groups is 1. The van der Waals surface area contributed by atoms with Gasteiger partial charge in [0.2, 0.25) is 5.82 Å². The zero-order chi connectivity index (χ0) is 21.0. The van der Waals surface area contributed by atoms with E-state index in [0.29, 0.717) is 0 Å². The lowest BCUT2D eigenvalue weighted by molar-refractivity contribution is -0.137. The maximum atomic E-state index is 13.5. The number of alkyl halides is 3. The van der Waals surface area contributed by atoms with Crippen LogP contribution in [0.5, 0.6) is 0 Å². The number of rotatable bonds is 4. The normalized spacial score (nSPS) is 11.2. The second-order valence-electron chi connectivity index (χ2n) is 5.70. The first-order valence-electron chi connectivity index (χ1n) is 8.03. The molecule has 0 bridgehead atoms. The Balaban J connectivity index is 1.62. The fraction of sp³-hybridized carbons (Fsp3) is 0.118. The lowest BCUT2D eigenvalue weighted by Crippen LogP contribution is -2.37. The number of hydrogen-bond acceptors (Lipinski definition) is 5. The zero-order valence-electron chi connectivity index (χ0n) is 14.4. The van der Waals surface area contributed by atoms with Crippen LogP contribution in [0.25, 0.3) is 11.4 Å². The van der Waals surface area contributed by atoms with E-state index in [9.17, 15) is 27.2 Å². The Bertz CT molecular complexity index is 1050. The number of nitrogens with zero attached hydrogens (tertiary/aromatic N) is 4. The second-order valence-corrected chi connectivity index (χ2v) is 5.70. The smallest absolute Gasteiger partial charge is 0.305 e. The van der Waals surface area contributed by atoms with Crippen LogP contribution in [0.4, 0.5) is 28.0 Å². The number of amides is 3. The number of carbonyl (C=O) groups is 2. The molecule has 2 aromatic carbocycles. The molecule has 12 heteroatoms. The van der Waals surface area contributed by atoms with Gasteiger partial charge in [-0.1, -0.05) is 24.3 Å². The highest BCUT2D eigenvalue weighted by molar-refractivity contribution is 6.01. The molecule has 0 saturated heterocycles. The van der Waals surface area contributed by atoms with Crippen LogP contribution in [0.2, 0.25) is 0 Å². The molecule has 0 aliphatic heterocycles. The molecule has 2 N–H and O–H groups in total. The summed E-state index contributed by atoms with van der Waals surface area (Å²) in [7, 11) is 0. The molecule has 150 valence electrons.